The predicted octanol–water partition coefficient (Wildman–Crippen LogP) is 1.76. The molecule has 0 unspecified atom stereocenters. The smallest absolute Gasteiger partial charge is 0.313 e. The van der Waals surface area contributed by atoms with E-state index >= 15 is 0 Å². The van der Waals surface area contributed by atoms with Crippen LogP contribution in [0.5, 0.6) is 0 Å². The standard InChI is InChI=1S/C25H34O9/c1-22(2,3)19(30)33-16-10-24(11-26)9-12(27)7-13(28)17(24)18-14-8-15(29)25(16,18)21(32-14)34-20(31)23(4,5)6/h11,13-14,16-18,21,28H,7-10H2,1-6H3/t13-,14+,16+,17+,18+,21+,24-,25-/m1/s1. The molecule has 1 N–H and O–H groups in total. The Morgan fingerprint density at radius 2 is 1.59 bits per heavy atom. The van der Waals surface area contributed by atoms with Gasteiger partial charge in [-0.3, -0.25) is 19.2 Å². The predicted molar refractivity (Wildman–Crippen MR) is 116 cm³/mol. The lowest BCUT2D eigenvalue weighted by Crippen LogP contribution is -2.66. The summed E-state index contributed by atoms with van der Waals surface area (Å²) < 4.78 is 17.7. The van der Waals surface area contributed by atoms with Crippen molar-refractivity contribution in [1.82, 2.24) is 0 Å². The maximum atomic E-state index is 13.6. The summed E-state index contributed by atoms with van der Waals surface area (Å²) in [4.78, 5) is 64.3. The third-order valence-electron chi connectivity index (χ3n) is 7.96. The summed E-state index contributed by atoms with van der Waals surface area (Å²) in [7, 11) is 0. The number of carbonyl (C=O) groups excluding carboxylic acids is 5. The van der Waals surface area contributed by atoms with Gasteiger partial charge in [-0.15, -0.1) is 0 Å². The highest BCUT2D eigenvalue weighted by Crippen LogP contribution is 2.68. The van der Waals surface area contributed by atoms with Crippen LogP contribution in [0.25, 0.3) is 0 Å². The van der Waals surface area contributed by atoms with Crippen LogP contribution in [-0.4, -0.2) is 59.5 Å². The Labute approximate surface area is 198 Å². The quantitative estimate of drug-likeness (QED) is 0.476. The van der Waals surface area contributed by atoms with Gasteiger partial charge in [0, 0.05) is 36.5 Å². The highest BCUT2D eigenvalue weighted by Gasteiger charge is 2.79. The number of esters is 2. The van der Waals surface area contributed by atoms with Crippen molar-refractivity contribution in [2.45, 2.75) is 91.8 Å². The molecule has 9 nitrogen and oxygen atoms in total. The molecule has 1 heterocycles. The van der Waals surface area contributed by atoms with Crippen molar-refractivity contribution in [3.05, 3.63) is 0 Å². The molecule has 4 aliphatic rings. The Kier molecular flexibility index (Phi) is 5.64. The molecular weight excluding hydrogens is 444 g/mol. The van der Waals surface area contributed by atoms with Gasteiger partial charge >= 0.3 is 11.9 Å². The van der Waals surface area contributed by atoms with E-state index < -0.39 is 70.0 Å². The Balaban J connectivity index is 1.85. The zero-order valence-corrected chi connectivity index (χ0v) is 20.6. The molecule has 0 amide bonds. The molecule has 4 rings (SSSR count). The van der Waals surface area contributed by atoms with Crippen molar-refractivity contribution in [2.24, 2.45) is 33.5 Å². The summed E-state index contributed by atoms with van der Waals surface area (Å²) in [6, 6.07) is 0. The maximum absolute atomic E-state index is 13.6. The van der Waals surface area contributed by atoms with Crippen LogP contribution >= 0.6 is 0 Å². The first-order valence-electron chi connectivity index (χ1n) is 11.8. The zero-order valence-electron chi connectivity index (χ0n) is 20.6. The van der Waals surface area contributed by atoms with Crippen LogP contribution in [0.1, 0.15) is 67.2 Å². The average Bonchev–Trinajstić information content (AvgIpc) is 3.15. The fourth-order valence-corrected chi connectivity index (χ4v) is 6.38. The SMILES string of the molecule is CC(C)(C)C(=O)O[C@@H]1O[C@H]2CC(=O)[C@@]13[C@@H]2[C@@H]1[C@H](O)CC(=O)C[C@]1(C=O)C[C@@H]3OC(=O)C(C)(C)C. The molecule has 9 heteroatoms. The number of hydrogen-bond donors (Lipinski definition) is 1. The van der Waals surface area contributed by atoms with Gasteiger partial charge in [0.05, 0.1) is 23.0 Å². The van der Waals surface area contributed by atoms with Gasteiger partial charge in [-0.25, -0.2) is 0 Å². The van der Waals surface area contributed by atoms with Crippen molar-refractivity contribution in [3.8, 4) is 0 Å². The number of aliphatic hydroxyl groups excluding tert-OH is 1. The van der Waals surface area contributed by atoms with Crippen LogP contribution in [-0.2, 0) is 38.2 Å². The van der Waals surface area contributed by atoms with Gasteiger partial charge in [0.25, 0.3) is 0 Å². The average molecular weight is 479 g/mol. The molecule has 4 fully saturated rings. The monoisotopic (exact) mass is 478 g/mol. The van der Waals surface area contributed by atoms with E-state index in [2.05, 4.69) is 0 Å². The van der Waals surface area contributed by atoms with Gasteiger partial charge in [-0.05, 0) is 48.0 Å². The van der Waals surface area contributed by atoms with Crippen LogP contribution in [0, 0.1) is 33.5 Å². The number of aldehydes is 1. The van der Waals surface area contributed by atoms with E-state index in [1.807, 2.05) is 0 Å². The lowest BCUT2D eigenvalue weighted by atomic mass is 9.48. The third kappa shape index (κ3) is 3.46. The number of rotatable bonds is 3. The zero-order chi connectivity index (χ0) is 25.4. The lowest BCUT2D eigenvalue weighted by Gasteiger charge is -2.56. The Hall–Kier alpha value is -2.13. The molecule has 1 aliphatic heterocycles. The largest absolute Gasteiger partial charge is 0.461 e. The van der Waals surface area contributed by atoms with Gasteiger partial charge in [-0.2, -0.15) is 0 Å². The van der Waals surface area contributed by atoms with E-state index in [4.69, 9.17) is 14.2 Å². The van der Waals surface area contributed by atoms with E-state index in [9.17, 15) is 29.1 Å². The number of ether oxygens (including phenoxy) is 3. The van der Waals surface area contributed by atoms with Gasteiger partial charge in [0.1, 0.15) is 23.6 Å². The second kappa shape index (κ2) is 7.68. The second-order valence-electron chi connectivity index (χ2n) is 12.5. The number of fused-ring (bicyclic) bond motifs is 1. The minimum atomic E-state index is -1.55. The fourth-order valence-electron chi connectivity index (χ4n) is 6.38. The molecule has 3 aliphatic carbocycles. The van der Waals surface area contributed by atoms with E-state index in [-0.39, 0.29) is 37.2 Å². The van der Waals surface area contributed by atoms with Gasteiger partial charge in [0.2, 0.25) is 6.29 Å². The number of carbonyl (C=O) groups is 5. The summed E-state index contributed by atoms with van der Waals surface area (Å²) in [5.74, 6) is -3.22. The molecule has 3 saturated carbocycles. The van der Waals surface area contributed by atoms with E-state index in [1.54, 1.807) is 41.5 Å². The van der Waals surface area contributed by atoms with Crippen molar-refractivity contribution in [2.75, 3.05) is 0 Å². The maximum Gasteiger partial charge on any atom is 0.313 e. The van der Waals surface area contributed by atoms with E-state index in [0.29, 0.717) is 6.29 Å². The molecule has 8 atom stereocenters. The van der Waals surface area contributed by atoms with Crippen molar-refractivity contribution < 1.29 is 43.3 Å². The van der Waals surface area contributed by atoms with Crippen LogP contribution in [0.3, 0.4) is 0 Å². The Bertz CT molecular complexity index is 941. The number of ketones is 2. The summed E-state index contributed by atoms with van der Waals surface area (Å²) in [6.45, 7) is 10.0. The molecule has 188 valence electrons. The van der Waals surface area contributed by atoms with Crippen molar-refractivity contribution in [1.29, 1.82) is 0 Å². The molecule has 0 radical (unpaired) electrons. The Morgan fingerprint density at radius 1 is 1.00 bits per heavy atom. The normalized spacial score (nSPS) is 41.5. The number of Topliss-reactive ketones (excluding diaryl/α,β-unsaturated/α-hetero) is 2. The molecule has 0 aromatic rings. The van der Waals surface area contributed by atoms with Crippen molar-refractivity contribution in [3.63, 3.8) is 0 Å². The number of hydrogen-bond acceptors (Lipinski definition) is 9. The molecule has 34 heavy (non-hydrogen) atoms. The summed E-state index contributed by atoms with van der Waals surface area (Å²) >= 11 is 0. The van der Waals surface area contributed by atoms with Crippen LogP contribution in [0.15, 0.2) is 0 Å². The van der Waals surface area contributed by atoms with Crippen LogP contribution in [0.2, 0.25) is 0 Å². The minimum absolute atomic E-state index is 0.0100. The van der Waals surface area contributed by atoms with E-state index in [1.165, 1.54) is 0 Å². The van der Waals surface area contributed by atoms with Gasteiger partial charge in [0.15, 0.2) is 5.78 Å². The molecule has 1 saturated heterocycles. The topological polar surface area (TPSA) is 133 Å². The second-order valence-corrected chi connectivity index (χ2v) is 12.5. The van der Waals surface area contributed by atoms with Crippen molar-refractivity contribution >= 4 is 29.8 Å². The summed E-state index contributed by atoms with van der Waals surface area (Å²) in [6.07, 6.45) is -4.07. The molecule has 0 aromatic carbocycles. The Morgan fingerprint density at radius 3 is 2.15 bits per heavy atom. The molecule has 0 spiro atoms. The van der Waals surface area contributed by atoms with Gasteiger partial charge < -0.3 is 24.1 Å². The minimum Gasteiger partial charge on any atom is -0.461 e. The highest BCUT2D eigenvalue weighted by molar-refractivity contribution is 5.93. The highest BCUT2D eigenvalue weighted by atomic mass is 16.7. The van der Waals surface area contributed by atoms with Crippen LogP contribution < -0.4 is 0 Å². The number of aliphatic hydroxyl groups is 1. The molecule has 0 aromatic heterocycles. The lowest BCUT2D eigenvalue weighted by molar-refractivity contribution is -0.236. The van der Waals surface area contributed by atoms with Crippen LogP contribution in [0.4, 0.5) is 0 Å². The first-order valence-corrected chi connectivity index (χ1v) is 11.8. The molecular formula is C25H34O9. The third-order valence-corrected chi connectivity index (χ3v) is 7.96. The molecule has 2 bridgehead atoms. The van der Waals surface area contributed by atoms with Gasteiger partial charge in [-0.1, -0.05) is 0 Å². The van der Waals surface area contributed by atoms with E-state index in [0.717, 1.165) is 0 Å². The first kappa shape index (κ1) is 25.0. The first-order chi connectivity index (χ1) is 15.6. The summed E-state index contributed by atoms with van der Waals surface area (Å²) in [5.41, 5.74) is -4.64. The summed E-state index contributed by atoms with van der Waals surface area (Å²) in [5, 5.41) is 11.0. The fraction of sp³-hybridized carbons (Fsp3) is 0.800.